The van der Waals surface area contributed by atoms with E-state index in [0.717, 1.165) is 47.8 Å². The zero-order valence-corrected chi connectivity index (χ0v) is 34.8. The highest BCUT2D eigenvalue weighted by molar-refractivity contribution is 5.91. The molecule has 2 aromatic heterocycles. The molecule has 20 heteroatoms. The lowest BCUT2D eigenvalue weighted by atomic mass is 9.45. The van der Waals surface area contributed by atoms with Crippen molar-refractivity contribution in [3.63, 3.8) is 0 Å². The van der Waals surface area contributed by atoms with E-state index < -0.39 is 138 Å². The second-order valence-electron chi connectivity index (χ2n) is 16.1. The molecule has 1 saturated heterocycles. The summed E-state index contributed by atoms with van der Waals surface area (Å²) in [7, 11) is 0. The molecule has 330 valence electrons. The number of aliphatic hydroxyl groups is 1. The third kappa shape index (κ3) is 7.28. The normalized spacial score (nSPS) is 36.5. The molecule has 2 unspecified atom stereocenters. The maximum Gasteiger partial charge on any atom is 0.374 e. The van der Waals surface area contributed by atoms with E-state index in [2.05, 4.69) is 4.98 Å². The Kier molecular flexibility index (Phi) is 11.8. The van der Waals surface area contributed by atoms with Crippen LogP contribution in [0.4, 0.5) is 0 Å². The number of carbonyl (C=O) groups is 8. The molecule has 1 spiro atoms. The first-order chi connectivity index (χ1) is 28.5. The number of nitrogens with zero attached hydrogens (tertiary/aromatic N) is 1. The van der Waals surface area contributed by atoms with Crippen LogP contribution in [-0.4, -0.2) is 124 Å². The third-order valence-corrected chi connectivity index (χ3v) is 12.1. The summed E-state index contributed by atoms with van der Waals surface area (Å²) in [5.41, 5.74) is -10.5. The van der Waals surface area contributed by atoms with Crippen molar-refractivity contribution in [3.8, 4) is 0 Å². The summed E-state index contributed by atoms with van der Waals surface area (Å²) in [4.78, 5) is 113. The van der Waals surface area contributed by atoms with E-state index in [-0.39, 0.29) is 17.0 Å². The van der Waals surface area contributed by atoms with Gasteiger partial charge in [-0.3, -0.25) is 33.8 Å². The quantitative estimate of drug-likeness (QED) is 0.293. The van der Waals surface area contributed by atoms with E-state index in [1.165, 1.54) is 44.3 Å². The first-order valence-corrected chi connectivity index (χ1v) is 19.4. The van der Waals surface area contributed by atoms with Crippen molar-refractivity contribution in [2.24, 2.45) is 17.3 Å². The topological polar surface area (TPSA) is 266 Å². The monoisotopic (exact) mass is 857 g/mol. The van der Waals surface area contributed by atoms with E-state index in [1.54, 1.807) is 6.92 Å². The van der Waals surface area contributed by atoms with Crippen molar-refractivity contribution < 1.29 is 90.5 Å². The largest absolute Gasteiger partial charge is 0.465 e. The lowest BCUT2D eigenvalue weighted by molar-refractivity contribution is -0.386. The molecule has 20 nitrogen and oxygen atoms in total. The van der Waals surface area contributed by atoms with Crippen LogP contribution in [0.1, 0.15) is 94.8 Å². The van der Waals surface area contributed by atoms with Crippen LogP contribution in [0.15, 0.2) is 41.1 Å². The molecule has 3 fully saturated rings. The van der Waals surface area contributed by atoms with Crippen LogP contribution in [0.5, 0.6) is 0 Å². The highest BCUT2D eigenvalue weighted by atomic mass is 16.7. The van der Waals surface area contributed by atoms with Crippen molar-refractivity contribution >= 4 is 47.8 Å². The lowest BCUT2D eigenvalue weighted by Gasteiger charge is -2.67. The van der Waals surface area contributed by atoms with Crippen molar-refractivity contribution in [1.82, 2.24) is 4.98 Å². The predicted molar refractivity (Wildman–Crippen MR) is 198 cm³/mol. The van der Waals surface area contributed by atoms with Crippen LogP contribution in [0.2, 0.25) is 0 Å². The zero-order valence-electron chi connectivity index (χ0n) is 34.8. The van der Waals surface area contributed by atoms with Crippen LogP contribution in [0.25, 0.3) is 0 Å². The Labute approximate surface area is 348 Å². The van der Waals surface area contributed by atoms with Crippen molar-refractivity contribution in [1.29, 1.82) is 0 Å². The summed E-state index contributed by atoms with van der Waals surface area (Å²) in [6, 6.07) is 5.50. The van der Waals surface area contributed by atoms with Crippen molar-refractivity contribution in [2.45, 2.75) is 122 Å². The molecule has 2 aromatic rings. The van der Waals surface area contributed by atoms with Gasteiger partial charge in [-0.05, 0) is 38.1 Å². The number of pyridine rings is 1. The molecule has 1 N–H and O–H groups in total. The van der Waals surface area contributed by atoms with Crippen LogP contribution in [0.3, 0.4) is 0 Å². The molecule has 13 atom stereocenters. The molecular weight excluding hydrogens is 810 g/mol. The number of esters is 8. The van der Waals surface area contributed by atoms with Gasteiger partial charge in [-0.2, -0.15) is 0 Å². The summed E-state index contributed by atoms with van der Waals surface area (Å²) >= 11 is 0. The number of hydrogen-bond donors (Lipinski definition) is 1. The SMILES string of the molecule is CC(=O)OC[C@]12[C@H](OC(C)=O)[C@H](OC(C)=O)[C@@H]3[C@@H](OC(=O)c4ccco4)[C@@]14O[C@@]3(C)COC(=O)c1cccnc1C(C)C(C)C(=O)O[C@@H]([C@H](OC(C)=O)[C@@H]2OC(C)=O)[C@]4(C)O. The van der Waals surface area contributed by atoms with Crippen molar-refractivity contribution in [2.75, 3.05) is 13.2 Å². The minimum atomic E-state index is -2.89. The smallest absolute Gasteiger partial charge is 0.374 e. The second kappa shape index (κ2) is 16.2. The number of aromatic nitrogens is 1. The Morgan fingerprint density at radius 1 is 0.787 bits per heavy atom. The summed E-state index contributed by atoms with van der Waals surface area (Å²) in [5.74, 6) is -12.5. The van der Waals surface area contributed by atoms with E-state index in [9.17, 15) is 43.5 Å². The lowest BCUT2D eigenvalue weighted by Crippen LogP contribution is -2.89. The molecule has 4 bridgehead atoms. The number of rotatable bonds is 8. The highest BCUT2D eigenvalue weighted by Gasteiger charge is 2.92. The number of furan rings is 1. The molecular formula is C41H47NO19. The average Bonchev–Trinajstić information content (AvgIpc) is 3.79. The molecule has 0 radical (unpaired) electrons. The Morgan fingerprint density at radius 3 is 1.97 bits per heavy atom. The maximum absolute atomic E-state index is 14.5. The van der Waals surface area contributed by atoms with Gasteiger partial charge in [0.1, 0.15) is 42.0 Å². The average molecular weight is 858 g/mol. The minimum absolute atomic E-state index is 0.0614. The number of carbonyl (C=O) groups excluding carboxylic acids is 8. The molecule has 4 aliphatic rings. The minimum Gasteiger partial charge on any atom is -0.465 e. The van der Waals surface area contributed by atoms with Gasteiger partial charge in [0, 0.05) is 46.7 Å². The van der Waals surface area contributed by atoms with Gasteiger partial charge in [0.05, 0.1) is 29.4 Å². The molecule has 2 aliphatic heterocycles. The summed E-state index contributed by atoms with van der Waals surface area (Å²) in [5, 5.41) is 13.6. The Hall–Kier alpha value is -5.89. The molecule has 61 heavy (non-hydrogen) atoms. The Bertz CT molecular complexity index is 2120. The zero-order chi connectivity index (χ0) is 45.0. The summed E-state index contributed by atoms with van der Waals surface area (Å²) in [6.45, 7) is 8.48. The standard InChI is InChI=1S/C41H47NO19/c1-18-19(2)35(48)60-32-30(56-22(5)45)34(58-24(7)47)40(17-53-20(3)43)33(57-23(6)46)29(55-21(4)44)27-31(59-37(50)26-13-11-15-52-26)41(40,39(32,9)51)61-38(27,8)16-54-36(49)25-12-10-14-42-28(18)25/h10-15,18-19,27,29-34,51H,16-17H2,1-9H3/t18?,19?,27-,29-,30+,31-,32+,33-,34+,38+,39+,40-,41+/m1/s1. The van der Waals surface area contributed by atoms with Crippen LogP contribution in [-0.2, 0) is 71.4 Å². The molecule has 2 saturated carbocycles. The van der Waals surface area contributed by atoms with Gasteiger partial charge in [0.25, 0.3) is 0 Å². The summed E-state index contributed by atoms with van der Waals surface area (Å²) < 4.78 is 60.3. The van der Waals surface area contributed by atoms with E-state index in [4.69, 9.17) is 47.0 Å². The Morgan fingerprint density at radius 2 is 1.39 bits per heavy atom. The van der Waals surface area contributed by atoms with Gasteiger partial charge < -0.3 is 52.2 Å². The van der Waals surface area contributed by atoms with Crippen molar-refractivity contribution in [3.05, 3.63) is 53.7 Å². The van der Waals surface area contributed by atoms with E-state index in [0.29, 0.717) is 0 Å². The van der Waals surface area contributed by atoms with Crippen LogP contribution in [0, 0.1) is 17.3 Å². The number of hydrogen-bond acceptors (Lipinski definition) is 20. The van der Waals surface area contributed by atoms with E-state index >= 15 is 0 Å². The van der Waals surface area contributed by atoms with Gasteiger partial charge in [-0.25, -0.2) is 9.59 Å². The predicted octanol–water partition coefficient (Wildman–Crippen LogP) is 1.92. The van der Waals surface area contributed by atoms with E-state index in [1.807, 2.05) is 0 Å². The van der Waals surface area contributed by atoms with Crippen LogP contribution >= 0.6 is 0 Å². The van der Waals surface area contributed by atoms with Gasteiger partial charge in [-0.1, -0.05) is 13.8 Å². The summed E-state index contributed by atoms with van der Waals surface area (Å²) in [6.07, 6.45) is -9.78. The fourth-order valence-electron chi connectivity index (χ4n) is 9.64. The van der Waals surface area contributed by atoms with Gasteiger partial charge in [0.15, 0.2) is 30.0 Å². The maximum atomic E-state index is 14.5. The number of cyclic esters (lactones) is 1. The van der Waals surface area contributed by atoms with Crippen LogP contribution < -0.4 is 0 Å². The molecule has 6 rings (SSSR count). The van der Waals surface area contributed by atoms with Gasteiger partial charge in [0.2, 0.25) is 5.76 Å². The molecule has 0 amide bonds. The molecule has 2 aliphatic carbocycles. The number of fused-ring (bicyclic) bond motifs is 5. The number of ether oxygens (including phenoxy) is 9. The van der Waals surface area contributed by atoms with Gasteiger partial charge in [-0.15, -0.1) is 0 Å². The second-order valence-corrected chi connectivity index (χ2v) is 16.1. The highest BCUT2D eigenvalue weighted by Crippen LogP contribution is 2.70. The third-order valence-electron chi connectivity index (χ3n) is 12.1. The first-order valence-electron chi connectivity index (χ1n) is 19.4. The van der Waals surface area contributed by atoms with Gasteiger partial charge >= 0.3 is 47.8 Å². The Balaban J connectivity index is 1.81. The molecule has 4 heterocycles. The fourth-order valence-corrected chi connectivity index (χ4v) is 9.64. The fraction of sp³-hybridized carbons (Fsp3) is 0.585. The molecule has 0 aromatic carbocycles. The first kappa shape index (κ1) is 44.7.